The summed E-state index contributed by atoms with van der Waals surface area (Å²) in [4.78, 5) is 13.9. The number of methoxy groups -OCH3 is 1. The summed E-state index contributed by atoms with van der Waals surface area (Å²) in [5, 5.41) is 9.51. The molecule has 1 aliphatic heterocycles. The van der Waals surface area contributed by atoms with E-state index in [9.17, 15) is 9.90 Å². The van der Waals surface area contributed by atoms with Crippen LogP contribution in [0.1, 0.15) is 20.3 Å². The predicted molar refractivity (Wildman–Crippen MR) is 84.4 cm³/mol. The lowest BCUT2D eigenvalue weighted by atomic mass is 9.92. The number of rotatable bonds is 7. The van der Waals surface area contributed by atoms with Crippen LogP contribution in [0.15, 0.2) is 24.3 Å². The van der Waals surface area contributed by atoms with Crippen LogP contribution < -0.4 is 9.47 Å². The van der Waals surface area contributed by atoms with Gasteiger partial charge in [-0.25, -0.2) is 0 Å². The fourth-order valence-corrected chi connectivity index (χ4v) is 2.90. The van der Waals surface area contributed by atoms with Gasteiger partial charge in [0.05, 0.1) is 13.0 Å². The average molecular weight is 307 g/mol. The summed E-state index contributed by atoms with van der Waals surface area (Å²) in [5.41, 5.74) is 0. The third-order valence-electron chi connectivity index (χ3n) is 4.34. The van der Waals surface area contributed by atoms with Crippen LogP contribution in [0, 0.1) is 11.8 Å². The van der Waals surface area contributed by atoms with Gasteiger partial charge in [0, 0.05) is 18.7 Å². The van der Waals surface area contributed by atoms with Crippen molar-refractivity contribution < 1.29 is 19.4 Å². The maximum Gasteiger partial charge on any atom is 0.310 e. The number of hydrogen-bond donors (Lipinski definition) is 1. The summed E-state index contributed by atoms with van der Waals surface area (Å²) < 4.78 is 10.8. The standard InChI is InChI=1S/C17H25NO4/c1-12(2)18-8-7-13(10-18)16(17(19)20)11-22-15-6-4-5-14(9-15)21-3/h4-6,9,12-13,16H,7-8,10-11H2,1-3H3,(H,19,20). The van der Waals surface area contributed by atoms with Crippen molar-refractivity contribution in [2.24, 2.45) is 11.8 Å². The topological polar surface area (TPSA) is 59.0 Å². The van der Waals surface area contributed by atoms with Crippen molar-refractivity contribution in [1.82, 2.24) is 4.90 Å². The molecule has 0 aliphatic carbocycles. The molecule has 1 aromatic carbocycles. The molecule has 1 aliphatic rings. The summed E-state index contributed by atoms with van der Waals surface area (Å²) in [6.45, 7) is 6.27. The molecule has 1 N–H and O–H groups in total. The van der Waals surface area contributed by atoms with Crippen LogP contribution in [-0.4, -0.2) is 48.8 Å². The predicted octanol–water partition coefficient (Wildman–Crippen LogP) is 2.51. The molecule has 2 rings (SSSR count). The van der Waals surface area contributed by atoms with E-state index in [-0.39, 0.29) is 12.5 Å². The molecule has 1 heterocycles. The van der Waals surface area contributed by atoms with Crippen molar-refractivity contribution >= 4 is 5.97 Å². The molecule has 0 saturated carbocycles. The number of likely N-dealkylation sites (tertiary alicyclic amines) is 1. The minimum absolute atomic E-state index is 0.144. The largest absolute Gasteiger partial charge is 0.497 e. The molecule has 0 amide bonds. The third-order valence-corrected chi connectivity index (χ3v) is 4.34. The van der Waals surface area contributed by atoms with Crippen LogP contribution in [0.4, 0.5) is 0 Å². The number of aliphatic carboxylic acids is 1. The van der Waals surface area contributed by atoms with Gasteiger partial charge in [0.1, 0.15) is 18.1 Å². The molecule has 5 heteroatoms. The molecule has 122 valence electrons. The molecule has 2 atom stereocenters. The Hall–Kier alpha value is -1.75. The zero-order valence-corrected chi connectivity index (χ0v) is 13.5. The fraction of sp³-hybridized carbons (Fsp3) is 0.588. The SMILES string of the molecule is COc1cccc(OCC(C(=O)O)C2CCN(C(C)C)C2)c1. The van der Waals surface area contributed by atoms with E-state index in [1.165, 1.54) is 0 Å². The van der Waals surface area contributed by atoms with Crippen LogP contribution in [-0.2, 0) is 4.79 Å². The highest BCUT2D eigenvalue weighted by atomic mass is 16.5. The summed E-state index contributed by atoms with van der Waals surface area (Å²) >= 11 is 0. The summed E-state index contributed by atoms with van der Waals surface area (Å²) in [5.74, 6) is 0.236. The second-order valence-electron chi connectivity index (χ2n) is 6.07. The Morgan fingerprint density at radius 1 is 1.41 bits per heavy atom. The Morgan fingerprint density at radius 3 is 2.73 bits per heavy atom. The number of carboxylic acid groups (broad SMARTS) is 1. The lowest BCUT2D eigenvalue weighted by molar-refractivity contribution is -0.144. The van der Waals surface area contributed by atoms with E-state index < -0.39 is 11.9 Å². The molecule has 1 fully saturated rings. The molecule has 2 unspecified atom stereocenters. The van der Waals surface area contributed by atoms with Gasteiger partial charge in [0.15, 0.2) is 0 Å². The second kappa shape index (κ2) is 7.49. The van der Waals surface area contributed by atoms with Gasteiger partial charge in [-0.1, -0.05) is 6.07 Å². The van der Waals surface area contributed by atoms with Crippen LogP contribution in [0.3, 0.4) is 0 Å². The maximum absolute atomic E-state index is 11.6. The van der Waals surface area contributed by atoms with E-state index >= 15 is 0 Å². The Bertz CT molecular complexity index is 503. The first-order valence-corrected chi connectivity index (χ1v) is 7.75. The van der Waals surface area contributed by atoms with Gasteiger partial charge in [0.2, 0.25) is 0 Å². The molecule has 1 aromatic rings. The highest BCUT2D eigenvalue weighted by Crippen LogP contribution is 2.27. The van der Waals surface area contributed by atoms with E-state index in [4.69, 9.17) is 9.47 Å². The Kier molecular flexibility index (Phi) is 5.66. The number of benzene rings is 1. The van der Waals surface area contributed by atoms with Gasteiger partial charge in [-0.15, -0.1) is 0 Å². The first-order valence-electron chi connectivity index (χ1n) is 7.75. The molecule has 0 bridgehead atoms. The number of hydrogen-bond acceptors (Lipinski definition) is 4. The Balaban J connectivity index is 1.96. The third kappa shape index (κ3) is 4.13. The minimum Gasteiger partial charge on any atom is -0.497 e. The smallest absolute Gasteiger partial charge is 0.310 e. The number of ether oxygens (including phenoxy) is 2. The van der Waals surface area contributed by atoms with Gasteiger partial charge in [0.25, 0.3) is 0 Å². The van der Waals surface area contributed by atoms with Crippen molar-refractivity contribution in [3.05, 3.63) is 24.3 Å². The van der Waals surface area contributed by atoms with Gasteiger partial charge >= 0.3 is 5.97 Å². The second-order valence-corrected chi connectivity index (χ2v) is 6.07. The fourth-order valence-electron chi connectivity index (χ4n) is 2.90. The summed E-state index contributed by atoms with van der Waals surface area (Å²) in [7, 11) is 1.60. The maximum atomic E-state index is 11.6. The van der Waals surface area contributed by atoms with Gasteiger partial charge in [-0.05, 0) is 44.9 Å². The number of nitrogens with zero attached hydrogens (tertiary/aromatic N) is 1. The van der Waals surface area contributed by atoms with Crippen molar-refractivity contribution in [2.75, 3.05) is 26.8 Å². The Labute approximate surface area is 131 Å². The van der Waals surface area contributed by atoms with Crippen molar-refractivity contribution in [2.45, 2.75) is 26.3 Å². The van der Waals surface area contributed by atoms with Crippen LogP contribution >= 0.6 is 0 Å². The van der Waals surface area contributed by atoms with E-state index in [1.807, 2.05) is 18.2 Å². The number of carbonyl (C=O) groups is 1. The normalized spacial score (nSPS) is 20.1. The van der Waals surface area contributed by atoms with Gasteiger partial charge in [-0.2, -0.15) is 0 Å². The zero-order valence-electron chi connectivity index (χ0n) is 13.5. The van der Waals surface area contributed by atoms with Crippen molar-refractivity contribution in [1.29, 1.82) is 0 Å². The quantitative estimate of drug-likeness (QED) is 0.839. The minimum atomic E-state index is -0.779. The first kappa shape index (κ1) is 16.6. The lowest BCUT2D eigenvalue weighted by Gasteiger charge is -2.23. The number of carboxylic acids is 1. The van der Waals surface area contributed by atoms with Crippen LogP contribution in [0.25, 0.3) is 0 Å². The van der Waals surface area contributed by atoms with E-state index in [2.05, 4.69) is 18.7 Å². The highest BCUT2D eigenvalue weighted by molar-refractivity contribution is 5.70. The van der Waals surface area contributed by atoms with Crippen LogP contribution in [0.5, 0.6) is 11.5 Å². The molecular formula is C17H25NO4. The zero-order chi connectivity index (χ0) is 16.1. The molecule has 0 aromatic heterocycles. The molecule has 0 spiro atoms. The molecular weight excluding hydrogens is 282 g/mol. The monoisotopic (exact) mass is 307 g/mol. The lowest BCUT2D eigenvalue weighted by Crippen LogP contribution is -2.33. The van der Waals surface area contributed by atoms with Gasteiger partial charge in [-0.3, -0.25) is 4.79 Å². The molecule has 5 nitrogen and oxygen atoms in total. The summed E-state index contributed by atoms with van der Waals surface area (Å²) in [6.07, 6.45) is 0.913. The van der Waals surface area contributed by atoms with Crippen LogP contribution in [0.2, 0.25) is 0 Å². The van der Waals surface area contributed by atoms with E-state index in [1.54, 1.807) is 13.2 Å². The van der Waals surface area contributed by atoms with Crippen molar-refractivity contribution in [3.8, 4) is 11.5 Å². The molecule has 0 radical (unpaired) electrons. The van der Waals surface area contributed by atoms with E-state index in [0.717, 1.165) is 19.5 Å². The average Bonchev–Trinajstić information content (AvgIpc) is 2.97. The van der Waals surface area contributed by atoms with Crippen molar-refractivity contribution in [3.63, 3.8) is 0 Å². The van der Waals surface area contributed by atoms with Gasteiger partial charge < -0.3 is 19.5 Å². The Morgan fingerprint density at radius 2 is 2.14 bits per heavy atom. The molecule has 1 saturated heterocycles. The molecule has 22 heavy (non-hydrogen) atoms. The first-order chi connectivity index (χ1) is 10.5. The summed E-state index contributed by atoms with van der Waals surface area (Å²) in [6, 6.07) is 7.71. The highest BCUT2D eigenvalue weighted by Gasteiger charge is 2.35. The van der Waals surface area contributed by atoms with E-state index in [0.29, 0.717) is 17.5 Å².